The SMILES string of the molecule is N#Cc1ccc(-c2nc3ccc(-c4csc(C#N)c4)cn3c2CN2CCCN(C(F)(F)F)CC2)cc1. The van der Waals surface area contributed by atoms with Gasteiger partial charge in [-0.3, -0.25) is 4.90 Å². The van der Waals surface area contributed by atoms with Crippen molar-refractivity contribution in [3.63, 3.8) is 0 Å². The molecule has 3 aromatic heterocycles. The molecule has 182 valence electrons. The maximum Gasteiger partial charge on any atom is 0.459 e. The molecule has 0 unspecified atom stereocenters. The van der Waals surface area contributed by atoms with Gasteiger partial charge in [-0.15, -0.1) is 11.3 Å². The first-order valence-corrected chi connectivity index (χ1v) is 12.3. The zero-order valence-corrected chi connectivity index (χ0v) is 20.0. The van der Waals surface area contributed by atoms with Crippen LogP contribution >= 0.6 is 11.3 Å². The zero-order valence-electron chi connectivity index (χ0n) is 19.2. The molecule has 4 heterocycles. The fourth-order valence-corrected chi connectivity index (χ4v) is 5.20. The molecule has 5 rings (SSSR count). The van der Waals surface area contributed by atoms with E-state index in [0.717, 1.165) is 33.7 Å². The summed E-state index contributed by atoms with van der Waals surface area (Å²) in [6, 6.07) is 17.1. The summed E-state index contributed by atoms with van der Waals surface area (Å²) in [6.07, 6.45) is -1.95. The normalized spacial score (nSPS) is 15.5. The zero-order chi connectivity index (χ0) is 25.3. The molecule has 4 aromatic rings. The van der Waals surface area contributed by atoms with Crippen LogP contribution in [0.1, 0.15) is 22.6 Å². The average molecular weight is 507 g/mol. The molecule has 1 aliphatic heterocycles. The maximum absolute atomic E-state index is 13.3. The Hall–Kier alpha value is -3.70. The van der Waals surface area contributed by atoms with Crippen molar-refractivity contribution in [3.05, 3.63) is 70.2 Å². The highest BCUT2D eigenvalue weighted by molar-refractivity contribution is 7.10. The average Bonchev–Trinajstić information content (AvgIpc) is 3.41. The van der Waals surface area contributed by atoms with Gasteiger partial charge in [0, 0.05) is 37.9 Å². The highest BCUT2D eigenvalue weighted by Crippen LogP contribution is 2.31. The summed E-state index contributed by atoms with van der Waals surface area (Å²) in [6.45, 7) is 1.17. The fourth-order valence-electron chi connectivity index (χ4n) is 4.49. The Labute approximate surface area is 210 Å². The molecule has 6 nitrogen and oxygen atoms in total. The monoisotopic (exact) mass is 506 g/mol. The van der Waals surface area contributed by atoms with E-state index in [1.165, 1.54) is 11.3 Å². The number of fused-ring (bicyclic) bond motifs is 1. The van der Waals surface area contributed by atoms with Crippen LogP contribution in [0, 0.1) is 22.7 Å². The number of nitrogens with zero attached hydrogens (tertiary/aromatic N) is 6. The third-order valence-electron chi connectivity index (χ3n) is 6.37. The lowest BCUT2D eigenvalue weighted by atomic mass is 10.1. The summed E-state index contributed by atoms with van der Waals surface area (Å²) < 4.78 is 41.8. The Kier molecular flexibility index (Phi) is 6.50. The number of hydrogen-bond acceptors (Lipinski definition) is 6. The van der Waals surface area contributed by atoms with E-state index < -0.39 is 6.30 Å². The second-order valence-corrected chi connectivity index (χ2v) is 9.55. The van der Waals surface area contributed by atoms with Crippen LogP contribution in [-0.4, -0.2) is 51.7 Å². The van der Waals surface area contributed by atoms with Crippen LogP contribution in [-0.2, 0) is 6.54 Å². The van der Waals surface area contributed by atoms with E-state index in [9.17, 15) is 18.4 Å². The lowest BCUT2D eigenvalue weighted by molar-refractivity contribution is -0.244. The minimum atomic E-state index is -4.33. The minimum absolute atomic E-state index is 0.0147. The van der Waals surface area contributed by atoms with Crippen molar-refractivity contribution in [2.24, 2.45) is 0 Å². The first kappa shape index (κ1) is 24.0. The molecule has 0 amide bonds. The van der Waals surface area contributed by atoms with Gasteiger partial charge in [0.05, 0.1) is 23.0 Å². The van der Waals surface area contributed by atoms with Gasteiger partial charge in [0.1, 0.15) is 16.6 Å². The smallest absolute Gasteiger partial charge is 0.301 e. The molecular weight excluding hydrogens is 485 g/mol. The molecule has 0 radical (unpaired) electrons. The first-order chi connectivity index (χ1) is 17.4. The Morgan fingerprint density at radius 3 is 2.39 bits per heavy atom. The van der Waals surface area contributed by atoms with Crippen LogP contribution in [0.4, 0.5) is 13.2 Å². The molecular formula is C26H21F3N6S. The van der Waals surface area contributed by atoms with E-state index in [4.69, 9.17) is 10.2 Å². The number of halogens is 3. The van der Waals surface area contributed by atoms with Crippen LogP contribution in [0.15, 0.2) is 54.0 Å². The van der Waals surface area contributed by atoms with E-state index in [1.54, 1.807) is 12.1 Å². The quantitative estimate of drug-likeness (QED) is 0.342. The van der Waals surface area contributed by atoms with Crippen LogP contribution < -0.4 is 0 Å². The molecule has 1 fully saturated rings. The van der Waals surface area contributed by atoms with Crippen molar-refractivity contribution in [2.45, 2.75) is 19.3 Å². The summed E-state index contributed by atoms with van der Waals surface area (Å²) >= 11 is 1.38. The molecule has 0 spiro atoms. The molecule has 1 saturated heterocycles. The van der Waals surface area contributed by atoms with Crippen LogP contribution in [0.2, 0.25) is 0 Å². The second-order valence-electron chi connectivity index (χ2n) is 8.64. The van der Waals surface area contributed by atoms with Gasteiger partial charge in [-0.2, -0.15) is 23.7 Å². The van der Waals surface area contributed by atoms with Gasteiger partial charge >= 0.3 is 6.30 Å². The number of hydrogen-bond donors (Lipinski definition) is 0. The summed E-state index contributed by atoms with van der Waals surface area (Å²) in [7, 11) is 0. The number of benzene rings is 1. The lowest BCUT2D eigenvalue weighted by Crippen LogP contribution is -2.40. The molecule has 1 aliphatic rings. The highest BCUT2D eigenvalue weighted by Gasteiger charge is 2.37. The summed E-state index contributed by atoms with van der Waals surface area (Å²) in [5, 5.41) is 20.3. The molecule has 0 N–H and O–H groups in total. The number of nitriles is 2. The van der Waals surface area contributed by atoms with Crippen molar-refractivity contribution in [1.29, 1.82) is 10.5 Å². The molecule has 0 bridgehead atoms. The van der Waals surface area contributed by atoms with Crippen molar-refractivity contribution < 1.29 is 13.2 Å². The Morgan fingerprint density at radius 2 is 1.69 bits per heavy atom. The van der Waals surface area contributed by atoms with E-state index in [-0.39, 0.29) is 19.6 Å². The third-order valence-corrected chi connectivity index (χ3v) is 7.20. The van der Waals surface area contributed by atoms with Gasteiger partial charge < -0.3 is 4.40 Å². The molecule has 0 aliphatic carbocycles. The van der Waals surface area contributed by atoms with E-state index in [2.05, 4.69) is 12.1 Å². The van der Waals surface area contributed by atoms with Gasteiger partial charge in [0.2, 0.25) is 0 Å². The Balaban J connectivity index is 1.55. The second kappa shape index (κ2) is 9.75. The number of aromatic nitrogens is 2. The number of pyridine rings is 1. The van der Waals surface area contributed by atoms with Gasteiger partial charge in [-0.25, -0.2) is 9.88 Å². The number of imidazole rings is 1. The van der Waals surface area contributed by atoms with Gasteiger partial charge in [-0.1, -0.05) is 12.1 Å². The third kappa shape index (κ3) is 4.84. The minimum Gasteiger partial charge on any atom is -0.301 e. The number of thiophene rings is 1. The van der Waals surface area contributed by atoms with Gasteiger partial charge in [0.25, 0.3) is 0 Å². The largest absolute Gasteiger partial charge is 0.459 e. The van der Waals surface area contributed by atoms with Crippen LogP contribution in [0.25, 0.3) is 28.0 Å². The fraction of sp³-hybridized carbons (Fsp3) is 0.269. The molecule has 1 aromatic carbocycles. The van der Waals surface area contributed by atoms with Gasteiger partial charge in [0.15, 0.2) is 0 Å². The topological polar surface area (TPSA) is 71.4 Å². The summed E-state index contributed by atoms with van der Waals surface area (Å²) in [5.41, 5.74) is 5.54. The van der Waals surface area contributed by atoms with Crippen LogP contribution in [0.3, 0.4) is 0 Å². The van der Waals surface area contributed by atoms with Crippen molar-refractivity contribution in [3.8, 4) is 34.5 Å². The first-order valence-electron chi connectivity index (χ1n) is 11.4. The summed E-state index contributed by atoms with van der Waals surface area (Å²) in [4.78, 5) is 8.08. The number of rotatable bonds is 4. The van der Waals surface area contributed by atoms with Crippen molar-refractivity contribution >= 4 is 17.0 Å². The maximum atomic E-state index is 13.3. The molecule has 0 saturated carbocycles. The molecule has 36 heavy (non-hydrogen) atoms. The predicted octanol–water partition coefficient (Wildman–Crippen LogP) is 5.50. The molecule has 0 atom stereocenters. The van der Waals surface area contributed by atoms with Crippen LogP contribution in [0.5, 0.6) is 0 Å². The highest BCUT2D eigenvalue weighted by atomic mass is 32.1. The summed E-state index contributed by atoms with van der Waals surface area (Å²) in [5.74, 6) is 0. The molecule has 10 heteroatoms. The van der Waals surface area contributed by atoms with Gasteiger partial charge in [-0.05, 0) is 59.8 Å². The Morgan fingerprint density at radius 1 is 0.917 bits per heavy atom. The standard InChI is InChI=1S/C26H21F3N6S/c27-26(28,29)34-9-1-8-33(10-11-34)16-23-25(19-4-2-18(13-30)3-5-19)32-24-7-6-20(15-35(23)24)21-12-22(14-31)36-17-21/h2-7,12,15,17H,1,8-11,16H2. The Bertz CT molecular complexity index is 1470. The van der Waals surface area contributed by atoms with Crippen molar-refractivity contribution in [1.82, 2.24) is 19.2 Å². The van der Waals surface area contributed by atoms with E-state index in [0.29, 0.717) is 34.9 Å². The lowest BCUT2D eigenvalue weighted by Gasteiger charge is -2.23. The predicted molar refractivity (Wildman–Crippen MR) is 131 cm³/mol. The van der Waals surface area contributed by atoms with E-state index >= 15 is 0 Å². The van der Waals surface area contributed by atoms with Crippen molar-refractivity contribution in [2.75, 3.05) is 26.2 Å². The number of alkyl halides is 3. The van der Waals surface area contributed by atoms with E-state index in [1.807, 2.05) is 51.2 Å².